The molecule has 1 aromatic heterocycles. The molecule has 1 aliphatic rings. The number of fused-ring (bicyclic) bond motifs is 1. The highest BCUT2D eigenvalue weighted by Gasteiger charge is 2.45. The number of hydrogen-bond donors (Lipinski definition) is 5. The summed E-state index contributed by atoms with van der Waals surface area (Å²) < 4.78 is 39.5. The van der Waals surface area contributed by atoms with E-state index in [2.05, 4.69) is 20.3 Å². The molecule has 41 heavy (non-hydrogen) atoms. The van der Waals surface area contributed by atoms with Crippen molar-refractivity contribution in [3.05, 3.63) is 53.2 Å². The van der Waals surface area contributed by atoms with Crippen molar-refractivity contribution in [2.45, 2.75) is 39.8 Å². The SMILES string of the molecule is CCOc1cc2ncc(C(N)=O)c(Nc3cccc(CNS(=O)(=O)CC4(C)NC(=O)NC4=O)c3C)c2cc1OCC. The Labute approximate surface area is 237 Å². The quantitative estimate of drug-likeness (QED) is 0.199. The van der Waals surface area contributed by atoms with Crippen LogP contribution in [0.5, 0.6) is 11.5 Å². The van der Waals surface area contributed by atoms with E-state index in [-0.39, 0.29) is 12.1 Å². The second-order valence-electron chi connectivity index (χ2n) is 9.63. The van der Waals surface area contributed by atoms with Crippen LogP contribution in [0.15, 0.2) is 36.5 Å². The Morgan fingerprint density at radius 2 is 1.80 bits per heavy atom. The molecule has 1 unspecified atom stereocenters. The summed E-state index contributed by atoms with van der Waals surface area (Å²) in [6.45, 7) is 7.57. The number of rotatable bonds is 12. The van der Waals surface area contributed by atoms with Gasteiger partial charge in [-0.15, -0.1) is 0 Å². The van der Waals surface area contributed by atoms with Gasteiger partial charge in [0.15, 0.2) is 11.5 Å². The fourth-order valence-electron chi connectivity index (χ4n) is 4.50. The smallest absolute Gasteiger partial charge is 0.322 e. The van der Waals surface area contributed by atoms with Crippen molar-refractivity contribution in [1.82, 2.24) is 20.3 Å². The monoisotopic (exact) mass is 584 g/mol. The Morgan fingerprint density at radius 3 is 2.41 bits per heavy atom. The van der Waals surface area contributed by atoms with Crippen LogP contribution in [0.4, 0.5) is 16.2 Å². The first kappa shape index (κ1) is 29.6. The molecule has 0 bridgehead atoms. The lowest BCUT2D eigenvalue weighted by Gasteiger charge is -2.21. The fraction of sp³-hybridized carbons (Fsp3) is 0.333. The molecule has 4 amide bonds. The molecule has 3 aromatic rings. The van der Waals surface area contributed by atoms with Crippen molar-refractivity contribution in [3.8, 4) is 11.5 Å². The summed E-state index contributed by atoms with van der Waals surface area (Å²) in [4.78, 5) is 40.3. The lowest BCUT2D eigenvalue weighted by molar-refractivity contribution is -0.122. The van der Waals surface area contributed by atoms with E-state index in [1.165, 1.54) is 13.1 Å². The van der Waals surface area contributed by atoms with Gasteiger partial charge in [-0.25, -0.2) is 17.9 Å². The van der Waals surface area contributed by atoms with Gasteiger partial charge in [-0.1, -0.05) is 12.1 Å². The van der Waals surface area contributed by atoms with Crippen molar-refractivity contribution < 1.29 is 32.3 Å². The van der Waals surface area contributed by atoms with Gasteiger partial charge < -0.3 is 25.8 Å². The number of sulfonamides is 1. The van der Waals surface area contributed by atoms with Gasteiger partial charge in [0.05, 0.1) is 35.7 Å². The zero-order valence-electron chi connectivity index (χ0n) is 23.1. The molecule has 2 heterocycles. The summed E-state index contributed by atoms with van der Waals surface area (Å²) in [5.41, 5.74) is 7.13. The normalized spacial score (nSPS) is 16.8. The van der Waals surface area contributed by atoms with E-state index in [4.69, 9.17) is 15.2 Å². The molecule has 4 rings (SSSR count). The fourth-order valence-corrected chi connectivity index (χ4v) is 5.94. The molecule has 0 saturated carbocycles. The lowest BCUT2D eigenvalue weighted by Crippen LogP contribution is -2.51. The number of ether oxygens (including phenoxy) is 2. The topological polar surface area (TPSA) is 191 Å². The Balaban J connectivity index is 1.65. The maximum atomic E-state index is 12.8. The van der Waals surface area contributed by atoms with E-state index in [1.54, 1.807) is 37.3 Å². The van der Waals surface area contributed by atoms with E-state index in [0.717, 1.165) is 0 Å². The van der Waals surface area contributed by atoms with E-state index < -0.39 is 39.2 Å². The second kappa shape index (κ2) is 11.6. The highest BCUT2D eigenvalue weighted by atomic mass is 32.2. The summed E-state index contributed by atoms with van der Waals surface area (Å²) in [6.07, 6.45) is 1.38. The number of anilines is 2. The minimum Gasteiger partial charge on any atom is -0.490 e. The van der Waals surface area contributed by atoms with Crippen LogP contribution in [0.3, 0.4) is 0 Å². The molecule has 0 radical (unpaired) electrons. The summed E-state index contributed by atoms with van der Waals surface area (Å²) in [6, 6.07) is 7.97. The number of nitrogens with one attached hydrogen (secondary N) is 4. The predicted octanol–water partition coefficient (Wildman–Crippen LogP) is 2.20. The molecule has 0 spiro atoms. The van der Waals surface area contributed by atoms with Crippen molar-refractivity contribution in [1.29, 1.82) is 0 Å². The van der Waals surface area contributed by atoms with E-state index >= 15 is 0 Å². The molecule has 1 aliphatic heterocycles. The minimum atomic E-state index is -3.97. The molecule has 0 aliphatic carbocycles. The average Bonchev–Trinajstić information content (AvgIpc) is 3.14. The van der Waals surface area contributed by atoms with Crippen LogP contribution in [0, 0.1) is 6.92 Å². The molecule has 1 atom stereocenters. The van der Waals surface area contributed by atoms with E-state index in [1.807, 2.05) is 19.2 Å². The molecule has 1 saturated heterocycles. The van der Waals surface area contributed by atoms with Gasteiger partial charge in [0, 0.05) is 29.9 Å². The van der Waals surface area contributed by atoms with Gasteiger partial charge in [0.2, 0.25) is 10.0 Å². The molecular formula is C27H32N6O7S. The van der Waals surface area contributed by atoms with Gasteiger partial charge in [0.25, 0.3) is 11.8 Å². The lowest BCUT2D eigenvalue weighted by atomic mass is 10.0. The van der Waals surface area contributed by atoms with Crippen LogP contribution < -0.4 is 35.9 Å². The number of hydrogen-bond acceptors (Lipinski definition) is 9. The van der Waals surface area contributed by atoms with E-state index in [0.29, 0.717) is 58.1 Å². The number of pyridine rings is 1. The molecular weight excluding hydrogens is 552 g/mol. The maximum Gasteiger partial charge on any atom is 0.322 e. The highest BCUT2D eigenvalue weighted by molar-refractivity contribution is 7.89. The Hall–Kier alpha value is -4.43. The van der Waals surface area contributed by atoms with Gasteiger partial charge in [-0.3, -0.25) is 19.9 Å². The minimum absolute atomic E-state index is 0.0820. The van der Waals surface area contributed by atoms with Crippen LogP contribution in [-0.2, 0) is 21.4 Å². The average molecular weight is 585 g/mol. The Bertz CT molecular complexity index is 1640. The van der Waals surface area contributed by atoms with Crippen LogP contribution >= 0.6 is 0 Å². The number of urea groups is 1. The van der Waals surface area contributed by atoms with Crippen molar-refractivity contribution >= 4 is 50.1 Å². The number of imide groups is 1. The number of carbonyl (C=O) groups is 3. The van der Waals surface area contributed by atoms with Crippen LogP contribution in [0.1, 0.15) is 42.3 Å². The second-order valence-corrected chi connectivity index (χ2v) is 11.4. The molecule has 14 heteroatoms. The van der Waals surface area contributed by atoms with Crippen molar-refractivity contribution in [2.75, 3.05) is 24.3 Å². The highest BCUT2D eigenvalue weighted by Crippen LogP contribution is 2.38. The first-order valence-electron chi connectivity index (χ1n) is 12.9. The van der Waals surface area contributed by atoms with Crippen LogP contribution in [0.25, 0.3) is 10.9 Å². The third-order valence-corrected chi connectivity index (χ3v) is 8.12. The zero-order chi connectivity index (χ0) is 29.9. The third kappa shape index (κ3) is 6.33. The van der Waals surface area contributed by atoms with Gasteiger partial charge in [0.1, 0.15) is 5.54 Å². The van der Waals surface area contributed by atoms with Gasteiger partial charge in [-0.2, -0.15) is 0 Å². The molecule has 6 N–H and O–H groups in total. The molecule has 2 aromatic carbocycles. The van der Waals surface area contributed by atoms with Crippen molar-refractivity contribution in [3.63, 3.8) is 0 Å². The van der Waals surface area contributed by atoms with Gasteiger partial charge >= 0.3 is 6.03 Å². The zero-order valence-corrected chi connectivity index (χ0v) is 23.9. The van der Waals surface area contributed by atoms with Gasteiger partial charge in [-0.05, 0) is 51.0 Å². The standard InChI is InChI=1S/C27H32N6O7S/c1-5-39-21-10-17-20(11-22(21)40-6-2)29-13-18(24(28)34)23(17)31-19-9-7-8-16(15(19)3)12-30-41(37,38)14-27(4)25(35)32-26(36)33-27/h7-11,13,30H,5-6,12,14H2,1-4H3,(H2,28,34)(H,29,31)(H2,32,33,35,36). The first-order valence-corrected chi connectivity index (χ1v) is 14.5. The summed E-state index contributed by atoms with van der Waals surface area (Å²) in [5.74, 6) is -1.04. The Morgan fingerprint density at radius 1 is 1.12 bits per heavy atom. The largest absolute Gasteiger partial charge is 0.490 e. The molecule has 13 nitrogen and oxygen atoms in total. The van der Waals surface area contributed by atoms with E-state index in [9.17, 15) is 22.8 Å². The number of carbonyl (C=O) groups excluding carboxylic acids is 3. The Kier molecular flexibility index (Phi) is 8.35. The summed E-state index contributed by atoms with van der Waals surface area (Å²) in [7, 11) is -3.97. The predicted molar refractivity (Wildman–Crippen MR) is 153 cm³/mol. The first-order chi connectivity index (χ1) is 19.4. The van der Waals surface area contributed by atoms with Crippen LogP contribution in [-0.4, -0.2) is 55.8 Å². The third-order valence-electron chi connectivity index (χ3n) is 6.58. The molecule has 218 valence electrons. The maximum absolute atomic E-state index is 12.8. The van der Waals surface area contributed by atoms with Crippen LogP contribution in [0.2, 0.25) is 0 Å². The molecule has 1 fully saturated rings. The number of amides is 4. The number of aromatic nitrogens is 1. The van der Waals surface area contributed by atoms with Crippen molar-refractivity contribution in [2.24, 2.45) is 5.73 Å². The number of nitrogens with zero attached hydrogens (tertiary/aromatic N) is 1. The summed E-state index contributed by atoms with van der Waals surface area (Å²) >= 11 is 0. The number of benzene rings is 2. The summed E-state index contributed by atoms with van der Waals surface area (Å²) in [5, 5.41) is 8.25. The number of nitrogens with two attached hydrogens (primary N) is 1. The number of primary amides is 1.